The first-order valence-corrected chi connectivity index (χ1v) is 14.5. The number of hydrogen-bond acceptors (Lipinski definition) is 4. The zero-order valence-electron chi connectivity index (χ0n) is 24.0. The fraction of sp³-hybridized carbons (Fsp3) is 0.364. The lowest BCUT2D eigenvalue weighted by atomic mass is 9.92. The number of carbonyl (C=O) groups excluding carboxylic acids is 2. The van der Waals surface area contributed by atoms with Gasteiger partial charge in [0.05, 0.1) is 18.2 Å². The quantitative estimate of drug-likeness (QED) is 0.272. The molecule has 2 aromatic carbocycles. The van der Waals surface area contributed by atoms with Crippen LogP contribution >= 0.6 is 0 Å². The van der Waals surface area contributed by atoms with Gasteiger partial charge in [-0.25, -0.2) is 13.3 Å². The van der Waals surface area contributed by atoms with Crippen LogP contribution in [0.3, 0.4) is 0 Å². The van der Waals surface area contributed by atoms with Crippen LogP contribution < -0.4 is 10.1 Å². The standard InChI is InChI=1S/C33H34F2N4O3/c1-19-17-27(42-3)26(33(41)39(23-13-14-23)22-7-5-4-6-8-22)18-25(19)24-15-16-38-31(29(24)35)28(32(40)36-2)30(37-38)20-9-11-21(34)12-10-20/h9-12,15-18,22-23H,4-8,13-14H2,1-3H3,(H,36,40). The van der Waals surface area contributed by atoms with Gasteiger partial charge in [0.25, 0.3) is 11.8 Å². The average molecular weight is 573 g/mol. The highest BCUT2D eigenvalue weighted by Gasteiger charge is 2.39. The molecule has 9 heteroatoms. The highest BCUT2D eigenvalue weighted by molar-refractivity contribution is 6.07. The Bertz CT molecular complexity index is 1670. The van der Waals surface area contributed by atoms with Gasteiger partial charge < -0.3 is 15.0 Å². The number of aromatic nitrogens is 2. The van der Waals surface area contributed by atoms with Crippen LogP contribution in [0.5, 0.6) is 5.75 Å². The number of nitrogens with one attached hydrogen (secondary N) is 1. The minimum atomic E-state index is -0.644. The summed E-state index contributed by atoms with van der Waals surface area (Å²) < 4.78 is 37.2. The van der Waals surface area contributed by atoms with Crippen LogP contribution in [0.4, 0.5) is 8.78 Å². The van der Waals surface area contributed by atoms with Gasteiger partial charge in [0, 0.05) is 36.5 Å². The summed E-state index contributed by atoms with van der Waals surface area (Å²) in [5.41, 5.74) is 2.66. The molecule has 4 aromatic rings. The van der Waals surface area contributed by atoms with Crippen molar-refractivity contribution in [1.29, 1.82) is 0 Å². The molecular weight excluding hydrogens is 538 g/mol. The van der Waals surface area contributed by atoms with E-state index < -0.39 is 17.5 Å². The first-order chi connectivity index (χ1) is 20.3. The summed E-state index contributed by atoms with van der Waals surface area (Å²) in [5, 5.41) is 7.07. The SMILES string of the molecule is CNC(=O)c1c(-c2ccc(F)cc2)nn2ccc(-c3cc(C(=O)N(C4CCCCC4)C4CC4)c(OC)cc3C)c(F)c12. The molecule has 0 aliphatic heterocycles. The van der Waals surface area contributed by atoms with Crippen molar-refractivity contribution >= 4 is 17.3 Å². The molecule has 0 spiro atoms. The lowest BCUT2D eigenvalue weighted by Gasteiger charge is -2.35. The molecule has 2 heterocycles. The molecule has 6 rings (SSSR count). The van der Waals surface area contributed by atoms with Crippen LogP contribution in [0.25, 0.3) is 27.9 Å². The topological polar surface area (TPSA) is 75.9 Å². The number of nitrogens with zero attached hydrogens (tertiary/aromatic N) is 3. The third-order valence-corrected chi connectivity index (χ3v) is 8.52. The number of hydrogen-bond donors (Lipinski definition) is 1. The second kappa shape index (κ2) is 11.2. The van der Waals surface area contributed by atoms with Crippen LogP contribution in [-0.4, -0.2) is 52.6 Å². The van der Waals surface area contributed by atoms with Crippen LogP contribution in [-0.2, 0) is 0 Å². The Labute approximate surface area is 243 Å². The van der Waals surface area contributed by atoms with E-state index in [1.54, 1.807) is 31.5 Å². The Morgan fingerprint density at radius 2 is 1.67 bits per heavy atom. The van der Waals surface area contributed by atoms with E-state index in [9.17, 15) is 14.0 Å². The Hall–Kier alpha value is -4.27. The minimum Gasteiger partial charge on any atom is -0.496 e. The second-order valence-corrected chi connectivity index (χ2v) is 11.2. The molecule has 7 nitrogen and oxygen atoms in total. The van der Waals surface area contributed by atoms with Crippen molar-refractivity contribution in [3.63, 3.8) is 0 Å². The molecular formula is C33H34F2N4O3. The summed E-state index contributed by atoms with van der Waals surface area (Å²) in [6, 6.07) is 11.1. The Morgan fingerprint density at radius 3 is 2.31 bits per heavy atom. The number of fused-ring (bicyclic) bond motifs is 1. The van der Waals surface area contributed by atoms with Gasteiger partial charge in [-0.1, -0.05) is 19.3 Å². The molecule has 42 heavy (non-hydrogen) atoms. The Morgan fingerprint density at radius 1 is 0.976 bits per heavy atom. The molecule has 0 radical (unpaired) electrons. The number of benzene rings is 2. The third kappa shape index (κ3) is 4.91. The average Bonchev–Trinajstić information content (AvgIpc) is 3.76. The number of methoxy groups -OCH3 is 1. The van der Waals surface area contributed by atoms with Crippen molar-refractivity contribution in [3.05, 3.63) is 77.0 Å². The van der Waals surface area contributed by atoms with Crippen LogP contribution in [0.15, 0.2) is 48.7 Å². The van der Waals surface area contributed by atoms with Crippen molar-refractivity contribution in [2.75, 3.05) is 14.2 Å². The summed E-state index contributed by atoms with van der Waals surface area (Å²) >= 11 is 0. The summed E-state index contributed by atoms with van der Waals surface area (Å²) in [6.45, 7) is 1.84. The van der Waals surface area contributed by atoms with Crippen LogP contribution in [0.2, 0.25) is 0 Å². The molecule has 2 aliphatic rings. The largest absolute Gasteiger partial charge is 0.496 e. The monoisotopic (exact) mass is 572 g/mol. The summed E-state index contributed by atoms with van der Waals surface area (Å²) in [5.74, 6) is -1.22. The van der Waals surface area contributed by atoms with Crippen molar-refractivity contribution in [2.24, 2.45) is 0 Å². The Kier molecular flexibility index (Phi) is 7.43. The van der Waals surface area contributed by atoms with E-state index in [0.717, 1.165) is 44.1 Å². The van der Waals surface area contributed by atoms with E-state index in [-0.39, 0.29) is 40.3 Å². The normalized spacial score (nSPS) is 15.5. The number of amides is 2. The first-order valence-electron chi connectivity index (χ1n) is 14.5. The van der Waals surface area contributed by atoms with Gasteiger partial charge >= 0.3 is 0 Å². The molecule has 2 amide bonds. The molecule has 1 N–H and O–H groups in total. The number of carbonyl (C=O) groups is 2. The van der Waals surface area contributed by atoms with Crippen LogP contribution in [0.1, 0.15) is 71.2 Å². The summed E-state index contributed by atoms with van der Waals surface area (Å²) in [6.07, 6.45) is 8.99. The lowest BCUT2D eigenvalue weighted by molar-refractivity contribution is 0.0610. The van der Waals surface area contributed by atoms with Gasteiger partial charge in [-0.15, -0.1) is 0 Å². The zero-order chi connectivity index (χ0) is 29.5. The van der Waals surface area contributed by atoms with Gasteiger partial charge in [-0.05, 0) is 86.2 Å². The van der Waals surface area contributed by atoms with Gasteiger partial charge in [0.2, 0.25) is 0 Å². The molecule has 218 valence electrons. The van der Waals surface area contributed by atoms with Crippen molar-refractivity contribution in [1.82, 2.24) is 19.8 Å². The van der Waals surface area contributed by atoms with E-state index in [4.69, 9.17) is 4.74 Å². The summed E-state index contributed by atoms with van der Waals surface area (Å²) in [4.78, 5) is 29.2. The minimum absolute atomic E-state index is 0.00363. The van der Waals surface area contributed by atoms with E-state index in [1.165, 1.54) is 42.2 Å². The van der Waals surface area contributed by atoms with E-state index in [0.29, 0.717) is 22.4 Å². The van der Waals surface area contributed by atoms with Crippen molar-refractivity contribution in [2.45, 2.75) is 64.0 Å². The summed E-state index contributed by atoms with van der Waals surface area (Å²) in [7, 11) is 3.00. The molecule has 2 saturated carbocycles. The smallest absolute Gasteiger partial charge is 0.258 e. The number of ether oxygens (including phenoxy) is 1. The van der Waals surface area contributed by atoms with Gasteiger partial charge in [0.1, 0.15) is 22.8 Å². The first kappa shape index (κ1) is 27.9. The second-order valence-electron chi connectivity index (χ2n) is 11.2. The number of pyridine rings is 1. The highest BCUT2D eigenvalue weighted by atomic mass is 19.1. The Balaban J connectivity index is 1.49. The number of aryl methyl sites for hydroxylation is 1. The molecule has 2 fully saturated rings. The molecule has 0 unspecified atom stereocenters. The maximum atomic E-state index is 16.6. The highest BCUT2D eigenvalue weighted by Crippen LogP contribution is 2.39. The van der Waals surface area contributed by atoms with Crippen LogP contribution in [0, 0.1) is 18.6 Å². The van der Waals surface area contributed by atoms with Gasteiger partial charge in [0.15, 0.2) is 5.82 Å². The van der Waals surface area contributed by atoms with E-state index in [1.807, 2.05) is 11.8 Å². The molecule has 0 bridgehead atoms. The van der Waals surface area contributed by atoms with E-state index >= 15 is 4.39 Å². The predicted molar refractivity (Wildman–Crippen MR) is 157 cm³/mol. The predicted octanol–water partition coefficient (Wildman–Crippen LogP) is 6.56. The molecule has 0 saturated heterocycles. The fourth-order valence-electron chi connectivity index (χ4n) is 6.24. The van der Waals surface area contributed by atoms with E-state index in [2.05, 4.69) is 10.4 Å². The zero-order valence-corrected chi connectivity index (χ0v) is 24.0. The van der Waals surface area contributed by atoms with Crippen molar-refractivity contribution < 1.29 is 23.1 Å². The maximum Gasteiger partial charge on any atom is 0.258 e. The fourth-order valence-corrected chi connectivity index (χ4v) is 6.24. The van der Waals surface area contributed by atoms with Gasteiger partial charge in [-0.3, -0.25) is 9.59 Å². The van der Waals surface area contributed by atoms with Crippen molar-refractivity contribution in [3.8, 4) is 28.1 Å². The maximum absolute atomic E-state index is 16.6. The number of halogens is 2. The third-order valence-electron chi connectivity index (χ3n) is 8.52. The number of rotatable bonds is 7. The van der Waals surface area contributed by atoms with Gasteiger partial charge in [-0.2, -0.15) is 5.10 Å². The lowest BCUT2D eigenvalue weighted by Crippen LogP contribution is -2.43. The molecule has 2 aliphatic carbocycles. The molecule has 0 atom stereocenters. The molecule has 2 aromatic heterocycles.